The maximum Gasteiger partial charge on any atom is 0.272 e. The maximum absolute atomic E-state index is 13.2. The second-order valence-corrected chi connectivity index (χ2v) is 7.48. The molecular formula is C27H26N4O3. The maximum atomic E-state index is 13.2. The van der Waals surface area contributed by atoms with E-state index in [1.807, 2.05) is 75.4 Å². The fraction of sp³-hybridized carbons (Fsp3) is 0.185. The average Bonchev–Trinajstić information content (AvgIpc) is 2.87. The minimum absolute atomic E-state index is 0.327. The van der Waals surface area contributed by atoms with E-state index < -0.39 is 0 Å². The van der Waals surface area contributed by atoms with E-state index in [-0.39, 0.29) is 5.91 Å². The third kappa shape index (κ3) is 5.04. The molecule has 2 heterocycles. The normalized spacial score (nSPS) is 11.3. The molecule has 1 N–H and O–H groups in total. The van der Waals surface area contributed by atoms with Gasteiger partial charge in [0.1, 0.15) is 11.5 Å². The third-order valence-corrected chi connectivity index (χ3v) is 5.21. The molecular weight excluding hydrogens is 428 g/mol. The number of carbonyl (C=O) groups is 1. The number of para-hydroxylation sites is 1. The van der Waals surface area contributed by atoms with Gasteiger partial charge >= 0.3 is 0 Å². The number of hydrazone groups is 1. The molecule has 0 bridgehead atoms. The number of pyridine rings is 2. The summed E-state index contributed by atoms with van der Waals surface area (Å²) in [5.74, 6) is 1.04. The van der Waals surface area contributed by atoms with Crippen LogP contribution < -0.4 is 14.9 Å². The molecule has 0 aliphatic rings. The molecule has 7 heteroatoms. The Morgan fingerprint density at radius 1 is 1.00 bits per heavy atom. The van der Waals surface area contributed by atoms with Gasteiger partial charge in [-0.15, -0.1) is 0 Å². The number of amides is 1. The summed E-state index contributed by atoms with van der Waals surface area (Å²) in [7, 11) is 0. The molecule has 2 aromatic carbocycles. The van der Waals surface area contributed by atoms with Gasteiger partial charge in [-0.2, -0.15) is 5.10 Å². The van der Waals surface area contributed by atoms with Crippen LogP contribution in [0.15, 0.2) is 78.2 Å². The van der Waals surface area contributed by atoms with Crippen LogP contribution in [-0.4, -0.2) is 34.8 Å². The molecule has 1 amide bonds. The molecule has 34 heavy (non-hydrogen) atoms. The van der Waals surface area contributed by atoms with Crippen molar-refractivity contribution < 1.29 is 14.3 Å². The van der Waals surface area contributed by atoms with Crippen molar-refractivity contribution in [2.24, 2.45) is 5.10 Å². The van der Waals surface area contributed by atoms with Crippen LogP contribution >= 0.6 is 0 Å². The van der Waals surface area contributed by atoms with Gasteiger partial charge in [0.25, 0.3) is 5.91 Å². The molecule has 0 unspecified atom stereocenters. The zero-order chi connectivity index (χ0) is 23.9. The van der Waals surface area contributed by atoms with Crippen molar-refractivity contribution in [1.82, 2.24) is 15.4 Å². The van der Waals surface area contributed by atoms with Gasteiger partial charge in [-0.1, -0.05) is 24.3 Å². The minimum atomic E-state index is -0.327. The van der Waals surface area contributed by atoms with E-state index in [1.165, 1.54) is 0 Å². The standard InChI is InChI=1S/C27H26N4O3/c1-4-33-20-12-13-22(26(15-20)34-5-2)25-16-23(21-10-6-7-11-24(21)29-25)27(32)31-30-18(3)19-9-8-14-28-17-19/h6-17H,4-5H2,1-3H3,(H,31,32)/b30-18-. The van der Waals surface area contributed by atoms with Crippen LogP contribution in [0.5, 0.6) is 11.5 Å². The van der Waals surface area contributed by atoms with Crippen molar-refractivity contribution in [2.75, 3.05) is 13.2 Å². The van der Waals surface area contributed by atoms with Gasteiger partial charge in [-0.25, -0.2) is 10.4 Å². The van der Waals surface area contributed by atoms with Gasteiger partial charge < -0.3 is 9.47 Å². The fourth-order valence-electron chi connectivity index (χ4n) is 3.58. The fourth-order valence-corrected chi connectivity index (χ4v) is 3.58. The lowest BCUT2D eigenvalue weighted by Gasteiger charge is -2.14. The summed E-state index contributed by atoms with van der Waals surface area (Å²) >= 11 is 0. The highest BCUT2D eigenvalue weighted by molar-refractivity contribution is 6.08. The first-order valence-electron chi connectivity index (χ1n) is 11.2. The van der Waals surface area contributed by atoms with E-state index in [4.69, 9.17) is 14.5 Å². The predicted molar refractivity (Wildman–Crippen MR) is 133 cm³/mol. The van der Waals surface area contributed by atoms with Crippen molar-refractivity contribution in [3.05, 3.63) is 84.2 Å². The summed E-state index contributed by atoms with van der Waals surface area (Å²) < 4.78 is 11.5. The van der Waals surface area contributed by atoms with E-state index >= 15 is 0 Å². The van der Waals surface area contributed by atoms with Gasteiger partial charge in [0.15, 0.2) is 0 Å². The highest BCUT2D eigenvalue weighted by Gasteiger charge is 2.17. The zero-order valence-electron chi connectivity index (χ0n) is 19.4. The van der Waals surface area contributed by atoms with Crippen LogP contribution in [0.2, 0.25) is 0 Å². The molecule has 0 saturated heterocycles. The minimum Gasteiger partial charge on any atom is -0.494 e. The molecule has 0 radical (unpaired) electrons. The summed E-state index contributed by atoms with van der Waals surface area (Å²) in [6.07, 6.45) is 3.39. The molecule has 0 fully saturated rings. The number of carbonyl (C=O) groups excluding carboxylic acids is 1. The van der Waals surface area contributed by atoms with Crippen LogP contribution in [0, 0.1) is 0 Å². The number of nitrogens with zero attached hydrogens (tertiary/aromatic N) is 3. The molecule has 0 aliphatic carbocycles. The van der Waals surface area contributed by atoms with E-state index in [0.29, 0.717) is 47.2 Å². The highest BCUT2D eigenvalue weighted by Crippen LogP contribution is 2.34. The van der Waals surface area contributed by atoms with Crippen LogP contribution in [0.4, 0.5) is 0 Å². The van der Waals surface area contributed by atoms with E-state index in [1.54, 1.807) is 18.5 Å². The van der Waals surface area contributed by atoms with Crippen LogP contribution in [0.1, 0.15) is 36.7 Å². The number of ether oxygens (including phenoxy) is 2. The number of hydrogen-bond donors (Lipinski definition) is 1. The Hall–Kier alpha value is -4.26. The zero-order valence-corrected chi connectivity index (χ0v) is 19.4. The number of hydrogen-bond acceptors (Lipinski definition) is 6. The topological polar surface area (TPSA) is 85.7 Å². The van der Waals surface area contributed by atoms with Crippen LogP contribution in [0.25, 0.3) is 22.2 Å². The van der Waals surface area contributed by atoms with Crippen LogP contribution in [0.3, 0.4) is 0 Å². The first-order valence-corrected chi connectivity index (χ1v) is 11.2. The Kier molecular flexibility index (Phi) is 7.13. The highest BCUT2D eigenvalue weighted by atomic mass is 16.5. The molecule has 0 spiro atoms. The number of fused-ring (bicyclic) bond motifs is 1. The van der Waals surface area contributed by atoms with Crippen molar-refractivity contribution in [1.29, 1.82) is 0 Å². The summed E-state index contributed by atoms with van der Waals surface area (Å²) in [5.41, 5.74) is 6.75. The SMILES string of the molecule is CCOc1ccc(-c2cc(C(=O)N/N=C(/C)c3cccnc3)c3ccccc3n2)c(OCC)c1. The van der Waals surface area contributed by atoms with Crippen molar-refractivity contribution in [3.63, 3.8) is 0 Å². The molecule has 172 valence electrons. The smallest absolute Gasteiger partial charge is 0.272 e. The molecule has 4 rings (SSSR count). The quantitative estimate of drug-likeness (QED) is 0.290. The van der Waals surface area contributed by atoms with Crippen molar-refractivity contribution in [2.45, 2.75) is 20.8 Å². The molecule has 0 atom stereocenters. The average molecular weight is 455 g/mol. The van der Waals surface area contributed by atoms with Gasteiger partial charge in [-0.3, -0.25) is 9.78 Å². The summed E-state index contributed by atoms with van der Waals surface area (Å²) in [6.45, 7) is 6.73. The first-order chi connectivity index (χ1) is 16.6. The van der Waals surface area contributed by atoms with Gasteiger partial charge in [-0.05, 0) is 51.1 Å². The Morgan fingerprint density at radius 3 is 2.59 bits per heavy atom. The third-order valence-electron chi connectivity index (χ3n) is 5.21. The molecule has 4 aromatic rings. The molecule has 0 aliphatic heterocycles. The van der Waals surface area contributed by atoms with Gasteiger partial charge in [0.2, 0.25) is 0 Å². The molecule has 7 nitrogen and oxygen atoms in total. The number of benzene rings is 2. The Balaban J connectivity index is 1.75. The van der Waals surface area contributed by atoms with Gasteiger partial charge in [0, 0.05) is 35.0 Å². The largest absolute Gasteiger partial charge is 0.494 e. The lowest BCUT2D eigenvalue weighted by atomic mass is 10.0. The number of aromatic nitrogens is 2. The Labute approximate surface area is 198 Å². The van der Waals surface area contributed by atoms with Crippen molar-refractivity contribution in [3.8, 4) is 22.8 Å². The summed E-state index contributed by atoms with van der Waals surface area (Å²) in [5, 5.41) is 5.01. The Bertz CT molecular complexity index is 1340. The second-order valence-electron chi connectivity index (χ2n) is 7.48. The van der Waals surface area contributed by atoms with Crippen LogP contribution in [-0.2, 0) is 0 Å². The van der Waals surface area contributed by atoms with Crippen molar-refractivity contribution >= 4 is 22.5 Å². The van der Waals surface area contributed by atoms with Gasteiger partial charge in [0.05, 0.1) is 35.7 Å². The molecule has 2 aromatic heterocycles. The second kappa shape index (κ2) is 10.6. The summed E-state index contributed by atoms with van der Waals surface area (Å²) in [6, 6.07) is 18.6. The lowest BCUT2D eigenvalue weighted by molar-refractivity contribution is 0.0956. The number of rotatable bonds is 8. The predicted octanol–water partition coefficient (Wildman–Crippen LogP) is 5.25. The van der Waals surface area contributed by atoms with E-state index in [2.05, 4.69) is 15.5 Å². The first kappa shape index (κ1) is 22.9. The van der Waals surface area contributed by atoms with E-state index in [0.717, 1.165) is 16.5 Å². The number of nitrogens with one attached hydrogen (secondary N) is 1. The summed E-state index contributed by atoms with van der Waals surface area (Å²) in [4.78, 5) is 22.1. The molecule has 0 saturated carbocycles. The lowest BCUT2D eigenvalue weighted by Crippen LogP contribution is -2.20. The Morgan fingerprint density at radius 2 is 1.82 bits per heavy atom. The van der Waals surface area contributed by atoms with E-state index in [9.17, 15) is 4.79 Å². The monoisotopic (exact) mass is 454 g/mol.